The van der Waals surface area contributed by atoms with Crippen LogP contribution < -0.4 is 5.32 Å². The fourth-order valence-corrected chi connectivity index (χ4v) is 2.40. The molecule has 0 aliphatic rings. The molecule has 0 aliphatic carbocycles. The van der Waals surface area contributed by atoms with Crippen LogP contribution >= 0.6 is 11.3 Å². The van der Waals surface area contributed by atoms with Gasteiger partial charge >= 0.3 is 0 Å². The van der Waals surface area contributed by atoms with Crippen LogP contribution in [0.25, 0.3) is 0 Å². The van der Waals surface area contributed by atoms with Crippen molar-refractivity contribution in [1.82, 2.24) is 0 Å². The molecule has 0 bridgehead atoms. The molecule has 1 heterocycles. The zero-order valence-electron chi connectivity index (χ0n) is 10.1. The van der Waals surface area contributed by atoms with Gasteiger partial charge in [0.25, 0.3) is 0 Å². The summed E-state index contributed by atoms with van der Waals surface area (Å²) in [4.78, 5) is 0. The molecule has 0 saturated heterocycles. The smallest absolute Gasteiger partial charge is 0.101 e. The molecule has 2 N–H and O–H groups in total. The minimum atomic E-state index is -0.552. The third-order valence-corrected chi connectivity index (χ3v) is 3.41. The molecular formula is C14H14N2OS. The van der Waals surface area contributed by atoms with Crippen molar-refractivity contribution in [1.29, 1.82) is 5.26 Å². The molecule has 1 unspecified atom stereocenters. The average molecular weight is 258 g/mol. The maximum atomic E-state index is 9.96. The number of anilines is 1. The summed E-state index contributed by atoms with van der Waals surface area (Å²) >= 11 is 1.56. The van der Waals surface area contributed by atoms with E-state index in [0.717, 1.165) is 16.8 Å². The number of hydrogen-bond acceptors (Lipinski definition) is 4. The summed E-state index contributed by atoms with van der Waals surface area (Å²) < 4.78 is 0. The van der Waals surface area contributed by atoms with Gasteiger partial charge in [-0.15, -0.1) is 0 Å². The van der Waals surface area contributed by atoms with Crippen LogP contribution in [0.4, 0.5) is 5.69 Å². The first-order chi connectivity index (χ1) is 8.70. The van der Waals surface area contributed by atoms with E-state index in [-0.39, 0.29) is 0 Å². The topological polar surface area (TPSA) is 56.0 Å². The third-order valence-electron chi connectivity index (χ3n) is 2.71. The molecule has 2 rings (SSSR count). The van der Waals surface area contributed by atoms with Crippen molar-refractivity contribution >= 4 is 17.0 Å². The number of benzene rings is 1. The number of thiophene rings is 1. The first-order valence-electron chi connectivity index (χ1n) is 5.65. The zero-order chi connectivity index (χ0) is 13.0. The zero-order valence-corrected chi connectivity index (χ0v) is 10.9. The molecule has 2 aromatic rings. The van der Waals surface area contributed by atoms with Crippen LogP contribution in [-0.2, 0) is 0 Å². The number of nitrogens with zero attached hydrogens (tertiary/aromatic N) is 1. The average Bonchev–Trinajstić information content (AvgIpc) is 2.90. The van der Waals surface area contributed by atoms with Crippen molar-refractivity contribution in [2.45, 2.75) is 13.0 Å². The van der Waals surface area contributed by atoms with Gasteiger partial charge in [-0.25, -0.2) is 0 Å². The fourth-order valence-electron chi connectivity index (χ4n) is 1.69. The second kappa shape index (κ2) is 5.67. The third kappa shape index (κ3) is 2.89. The quantitative estimate of drug-likeness (QED) is 0.886. The predicted molar refractivity (Wildman–Crippen MR) is 73.7 cm³/mol. The van der Waals surface area contributed by atoms with Crippen molar-refractivity contribution in [3.05, 3.63) is 51.7 Å². The Balaban J connectivity index is 2.06. The van der Waals surface area contributed by atoms with Crippen molar-refractivity contribution in [3.63, 3.8) is 0 Å². The van der Waals surface area contributed by atoms with Crippen LogP contribution in [0, 0.1) is 18.3 Å². The van der Waals surface area contributed by atoms with Crippen LogP contribution in [0.3, 0.4) is 0 Å². The van der Waals surface area contributed by atoms with Crippen molar-refractivity contribution < 1.29 is 5.11 Å². The lowest BCUT2D eigenvalue weighted by atomic mass is 10.1. The van der Waals surface area contributed by atoms with Crippen molar-refractivity contribution in [3.8, 4) is 6.07 Å². The molecular weight excluding hydrogens is 244 g/mol. The van der Waals surface area contributed by atoms with E-state index in [0.29, 0.717) is 12.1 Å². The SMILES string of the molecule is Cc1ccc(C#N)c(NCC(O)c2ccsc2)c1. The van der Waals surface area contributed by atoms with Crippen LogP contribution in [0.5, 0.6) is 0 Å². The molecule has 1 atom stereocenters. The molecule has 3 nitrogen and oxygen atoms in total. The number of aliphatic hydroxyl groups is 1. The first-order valence-corrected chi connectivity index (χ1v) is 6.60. The Labute approximate surface area is 110 Å². The molecule has 0 amide bonds. The van der Waals surface area contributed by atoms with Gasteiger partial charge in [0.2, 0.25) is 0 Å². The molecule has 1 aromatic carbocycles. The van der Waals surface area contributed by atoms with Gasteiger partial charge in [0.1, 0.15) is 6.07 Å². The van der Waals surface area contributed by atoms with Crippen molar-refractivity contribution in [2.24, 2.45) is 0 Å². The summed E-state index contributed by atoms with van der Waals surface area (Å²) in [6.07, 6.45) is -0.552. The summed E-state index contributed by atoms with van der Waals surface area (Å²) in [5, 5.41) is 26.0. The van der Waals surface area contributed by atoms with Gasteiger partial charge < -0.3 is 10.4 Å². The maximum absolute atomic E-state index is 9.96. The molecule has 92 valence electrons. The fraction of sp³-hybridized carbons (Fsp3) is 0.214. The number of aryl methyl sites for hydroxylation is 1. The highest BCUT2D eigenvalue weighted by molar-refractivity contribution is 7.07. The molecule has 4 heteroatoms. The number of rotatable bonds is 4. The number of nitrogens with one attached hydrogen (secondary N) is 1. The lowest BCUT2D eigenvalue weighted by molar-refractivity contribution is 0.192. The molecule has 0 radical (unpaired) electrons. The van der Waals surface area contributed by atoms with Crippen LogP contribution in [-0.4, -0.2) is 11.7 Å². The Morgan fingerprint density at radius 1 is 1.44 bits per heavy atom. The Kier molecular flexibility index (Phi) is 3.98. The van der Waals surface area contributed by atoms with Gasteiger partial charge in [-0.1, -0.05) is 6.07 Å². The predicted octanol–water partition coefficient (Wildman–Crippen LogP) is 3.07. The highest BCUT2D eigenvalue weighted by Crippen LogP contribution is 2.20. The number of aliphatic hydroxyl groups excluding tert-OH is 1. The molecule has 18 heavy (non-hydrogen) atoms. The molecule has 0 spiro atoms. The lowest BCUT2D eigenvalue weighted by Gasteiger charge is -2.13. The van der Waals surface area contributed by atoms with E-state index in [4.69, 9.17) is 5.26 Å². The van der Waals surface area contributed by atoms with Gasteiger partial charge in [-0.2, -0.15) is 16.6 Å². The minimum Gasteiger partial charge on any atom is -0.387 e. The Bertz CT molecular complexity index is 558. The summed E-state index contributed by atoms with van der Waals surface area (Å²) in [6, 6.07) is 9.64. The largest absolute Gasteiger partial charge is 0.387 e. The van der Waals surface area contributed by atoms with E-state index in [1.165, 1.54) is 0 Å². The minimum absolute atomic E-state index is 0.398. The van der Waals surface area contributed by atoms with Gasteiger partial charge in [-0.3, -0.25) is 0 Å². The lowest BCUT2D eigenvalue weighted by Crippen LogP contribution is -2.12. The second-order valence-corrected chi connectivity index (χ2v) is 4.89. The van der Waals surface area contributed by atoms with Crippen LogP contribution in [0.2, 0.25) is 0 Å². The van der Waals surface area contributed by atoms with E-state index < -0.39 is 6.10 Å². The van der Waals surface area contributed by atoms with Crippen molar-refractivity contribution in [2.75, 3.05) is 11.9 Å². The standard InChI is InChI=1S/C14H14N2OS/c1-10-2-3-11(7-15)13(6-10)16-8-14(17)12-4-5-18-9-12/h2-6,9,14,16-17H,8H2,1H3. The summed E-state index contributed by atoms with van der Waals surface area (Å²) in [5.41, 5.74) is 3.35. The Morgan fingerprint density at radius 2 is 2.28 bits per heavy atom. The monoisotopic (exact) mass is 258 g/mol. The van der Waals surface area contributed by atoms with Gasteiger partial charge in [0, 0.05) is 6.54 Å². The summed E-state index contributed by atoms with van der Waals surface area (Å²) in [6.45, 7) is 2.37. The molecule has 0 aliphatic heterocycles. The van der Waals surface area contributed by atoms with E-state index in [1.54, 1.807) is 17.4 Å². The number of nitriles is 1. The van der Waals surface area contributed by atoms with Gasteiger partial charge in [0.05, 0.1) is 17.4 Å². The first kappa shape index (κ1) is 12.6. The molecule has 0 saturated carbocycles. The Hall–Kier alpha value is -1.83. The number of hydrogen-bond donors (Lipinski definition) is 2. The van der Waals surface area contributed by atoms with E-state index >= 15 is 0 Å². The van der Waals surface area contributed by atoms with E-state index in [1.807, 2.05) is 35.9 Å². The Morgan fingerprint density at radius 3 is 2.94 bits per heavy atom. The maximum Gasteiger partial charge on any atom is 0.101 e. The molecule has 1 aromatic heterocycles. The second-order valence-electron chi connectivity index (χ2n) is 4.11. The van der Waals surface area contributed by atoms with Crippen LogP contribution in [0.15, 0.2) is 35.0 Å². The molecule has 0 fully saturated rings. The van der Waals surface area contributed by atoms with Gasteiger partial charge in [0.15, 0.2) is 0 Å². The van der Waals surface area contributed by atoms with Crippen LogP contribution in [0.1, 0.15) is 22.8 Å². The highest BCUT2D eigenvalue weighted by atomic mass is 32.1. The normalized spacial score (nSPS) is 11.8. The van der Waals surface area contributed by atoms with Gasteiger partial charge in [-0.05, 0) is 47.0 Å². The highest BCUT2D eigenvalue weighted by Gasteiger charge is 2.09. The van der Waals surface area contributed by atoms with E-state index in [9.17, 15) is 5.11 Å². The van der Waals surface area contributed by atoms with E-state index in [2.05, 4.69) is 11.4 Å². The summed E-state index contributed by atoms with van der Waals surface area (Å²) in [5.74, 6) is 0. The summed E-state index contributed by atoms with van der Waals surface area (Å²) in [7, 11) is 0.